The molecule has 0 fully saturated rings. The average molecular weight is 268 g/mol. The van der Waals surface area contributed by atoms with Crippen molar-refractivity contribution in [2.45, 2.75) is 6.42 Å². The van der Waals surface area contributed by atoms with Crippen LogP contribution in [0.4, 0.5) is 0 Å². The number of carbonyl (C=O) groups excluding carboxylic acids is 1. The van der Waals surface area contributed by atoms with Gasteiger partial charge in [0.15, 0.2) is 5.78 Å². The van der Waals surface area contributed by atoms with Gasteiger partial charge < -0.3 is 10.7 Å². The average Bonchev–Trinajstić information content (AvgIpc) is 2.60. The summed E-state index contributed by atoms with van der Waals surface area (Å²) in [6, 6.07) is 3.64. The molecule has 0 radical (unpaired) electrons. The van der Waals surface area contributed by atoms with Crippen LogP contribution in [0.1, 0.15) is 16.9 Å². The Labute approximate surface area is 95.0 Å². The maximum atomic E-state index is 11.5. The second-order valence-corrected chi connectivity index (χ2v) is 4.15. The van der Waals surface area contributed by atoms with Crippen molar-refractivity contribution in [3.05, 3.63) is 28.5 Å². The van der Waals surface area contributed by atoms with Crippen molar-refractivity contribution in [3.8, 4) is 0 Å². The predicted molar refractivity (Wildman–Crippen MR) is 61.8 cm³/mol. The van der Waals surface area contributed by atoms with Gasteiger partial charge in [-0.3, -0.25) is 9.78 Å². The molecule has 0 aliphatic carbocycles. The van der Waals surface area contributed by atoms with Crippen LogP contribution in [0.2, 0.25) is 0 Å². The lowest BCUT2D eigenvalue weighted by atomic mass is 10.2. The number of hydrogen-bond acceptors (Lipinski definition) is 3. The molecule has 0 spiro atoms. The Bertz CT molecular complexity index is 506. The minimum atomic E-state index is 0.0200. The highest BCUT2D eigenvalue weighted by atomic mass is 79.9. The summed E-state index contributed by atoms with van der Waals surface area (Å²) >= 11 is 3.32. The first-order valence-corrected chi connectivity index (χ1v) is 5.37. The maximum absolute atomic E-state index is 11.5. The first kappa shape index (κ1) is 10.3. The Balaban J connectivity index is 2.42. The van der Waals surface area contributed by atoms with Crippen LogP contribution in [0.3, 0.4) is 0 Å². The Hall–Kier alpha value is -1.20. The predicted octanol–water partition coefficient (Wildman–Crippen LogP) is 1.86. The van der Waals surface area contributed by atoms with Crippen molar-refractivity contribution in [1.82, 2.24) is 9.97 Å². The Kier molecular flexibility index (Phi) is 2.83. The maximum Gasteiger partial charge on any atom is 0.180 e. The van der Waals surface area contributed by atoms with Gasteiger partial charge in [0.25, 0.3) is 0 Å². The minimum absolute atomic E-state index is 0.0200. The number of H-pyrrole nitrogens is 1. The standard InChI is InChI=1S/C10H10BrN3O/c11-6-3-8-7(13-5-6)4-9(14-8)10(15)1-2-12/h3-5,14H,1-2,12H2. The molecule has 0 saturated carbocycles. The molecule has 0 amide bonds. The van der Waals surface area contributed by atoms with E-state index in [1.807, 2.05) is 6.07 Å². The zero-order chi connectivity index (χ0) is 10.8. The third kappa shape index (κ3) is 2.08. The lowest BCUT2D eigenvalue weighted by Crippen LogP contribution is -2.08. The molecule has 15 heavy (non-hydrogen) atoms. The van der Waals surface area contributed by atoms with E-state index >= 15 is 0 Å². The summed E-state index contributed by atoms with van der Waals surface area (Å²) in [5.74, 6) is 0.0200. The van der Waals surface area contributed by atoms with Crippen LogP contribution in [-0.4, -0.2) is 22.3 Å². The smallest absolute Gasteiger partial charge is 0.180 e. The number of fused-ring (bicyclic) bond motifs is 1. The third-order valence-corrected chi connectivity index (χ3v) is 2.54. The number of pyridine rings is 1. The van der Waals surface area contributed by atoms with Crippen molar-refractivity contribution in [2.24, 2.45) is 5.73 Å². The fourth-order valence-electron chi connectivity index (χ4n) is 1.40. The van der Waals surface area contributed by atoms with Crippen LogP contribution in [0.15, 0.2) is 22.8 Å². The lowest BCUT2D eigenvalue weighted by molar-refractivity contribution is 0.0981. The van der Waals surface area contributed by atoms with Gasteiger partial charge in [-0.15, -0.1) is 0 Å². The molecule has 0 unspecified atom stereocenters. The molecule has 0 aromatic carbocycles. The molecule has 2 aromatic heterocycles. The van der Waals surface area contributed by atoms with Gasteiger partial charge in [0.2, 0.25) is 0 Å². The molecule has 4 nitrogen and oxygen atoms in total. The lowest BCUT2D eigenvalue weighted by Gasteiger charge is -1.92. The summed E-state index contributed by atoms with van der Waals surface area (Å²) < 4.78 is 0.884. The molecule has 3 N–H and O–H groups in total. The summed E-state index contributed by atoms with van der Waals surface area (Å²) in [7, 11) is 0. The summed E-state index contributed by atoms with van der Waals surface area (Å²) in [5, 5.41) is 0. The van der Waals surface area contributed by atoms with E-state index in [1.165, 1.54) is 0 Å². The molecule has 0 saturated heterocycles. The minimum Gasteiger partial charge on any atom is -0.351 e. The zero-order valence-electron chi connectivity index (χ0n) is 7.96. The van der Waals surface area contributed by atoms with Crippen molar-refractivity contribution in [3.63, 3.8) is 0 Å². The first-order valence-electron chi connectivity index (χ1n) is 4.58. The molecular formula is C10H10BrN3O. The molecule has 78 valence electrons. The number of nitrogens with zero attached hydrogens (tertiary/aromatic N) is 1. The van der Waals surface area contributed by atoms with Crippen molar-refractivity contribution in [1.29, 1.82) is 0 Å². The zero-order valence-corrected chi connectivity index (χ0v) is 9.54. The molecule has 2 heterocycles. The fourth-order valence-corrected chi connectivity index (χ4v) is 1.73. The van der Waals surface area contributed by atoms with E-state index in [4.69, 9.17) is 5.73 Å². The quantitative estimate of drug-likeness (QED) is 0.834. The van der Waals surface area contributed by atoms with Gasteiger partial charge in [-0.25, -0.2) is 0 Å². The van der Waals surface area contributed by atoms with Crippen LogP contribution in [0.25, 0.3) is 11.0 Å². The third-order valence-electron chi connectivity index (χ3n) is 2.11. The van der Waals surface area contributed by atoms with Gasteiger partial charge in [-0.05, 0) is 34.6 Å². The highest BCUT2D eigenvalue weighted by Crippen LogP contribution is 2.18. The molecule has 0 aliphatic heterocycles. The van der Waals surface area contributed by atoms with Crippen LogP contribution in [0.5, 0.6) is 0 Å². The van der Waals surface area contributed by atoms with E-state index in [2.05, 4.69) is 25.9 Å². The number of aromatic amines is 1. The topological polar surface area (TPSA) is 71.8 Å². The summed E-state index contributed by atoms with van der Waals surface area (Å²) in [4.78, 5) is 18.8. The van der Waals surface area contributed by atoms with Gasteiger partial charge in [-0.2, -0.15) is 0 Å². The van der Waals surface area contributed by atoms with Crippen LogP contribution >= 0.6 is 15.9 Å². The SMILES string of the molecule is NCCC(=O)c1cc2ncc(Br)cc2[nH]1. The van der Waals surface area contributed by atoms with Gasteiger partial charge in [-0.1, -0.05) is 0 Å². The first-order chi connectivity index (χ1) is 7.20. The molecule has 0 aliphatic rings. The summed E-state index contributed by atoms with van der Waals surface area (Å²) in [6.07, 6.45) is 2.06. The number of rotatable bonds is 3. The Morgan fingerprint density at radius 1 is 1.53 bits per heavy atom. The monoisotopic (exact) mass is 267 g/mol. The number of carbonyl (C=O) groups is 1. The summed E-state index contributed by atoms with van der Waals surface area (Å²) in [5.41, 5.74) is 7.54. The number of ketones is 1. The molecule has 0 atom stereocenters. The Morgan fingerprint density at radius 3 is 3.07 bits per heavy atom. The molecular weight excluding hydrogens is 258 g/mol. The molecule has 5 heteroatoms. The fraction of sp³-hybridized carbons (Fsp3) is 0.200. The summed E-state index contributed by atoms with van der Waals surface area (Å²) in [6.45, 7) is 0.366. The number of hydrogen-bond donors (Lipinski definition) is 2. The van der Waals surface area contributed by atoms with E-state index in [0.717, 1.165) is 15.5 Å². The van der Waals surface area contributed by atoms with E-state index in [-0.39, 0.29) is 5.78 Å². The number of nitrogens with one attached hydrogen (secondary N) is 1. The number of aromatic nitrogens is 2. The van der Waals surface area contributed by atoms with Crippen LogP contribution in [0, 0.1) is 0 Å². The number of Topliss-reactive ketones (excluding diaryl/α,β-unsaturated/α-hetero) is 1. The van der Waals surface area contributed by atoms with E-state index in [9.17, 15) is 4.79 Å². The molecule has 2 rings (SSSR count). The Morgan fingerprint density at radius 2 is 2.33 bits per heavy atom. The molecule has 2 aromatic rings. The number of halogens is 1. The normalized spacial score (nSPS) is 10.8. The van der Waals surface area contributed by atoms with E-state index in [1.54, 1.807) is 12.3 Å². The van der Waals surface area contributed by atoms with E-state index in [0.29, 0.717) is 18.7 Å². The molecule has 0 bridgehead atoms. The van der Waals surface area contributed by atoms with Crippen molar-refractivity contribution < 1.29 is 4.79 Å². The number of nitrogens with two attached hydrogens (primary N) is 1. The van der Waals surface area contributed by atoms with Gasteiger partial charge in [0.1, 0.15) is 0 Å². The van der Waals surface area contributed by atoms with Crippen molar-refractivity contribution >= 4 is 32.7 Å². The van der Waals surface area contributed by atoms with Gasteiger partial charge >= 0.3 is 0 Å². The van der Waals surface area contributed by atoms with Crippen LogP contribution < -0.4 is 5.73 Å². The van der Waals surface area contributed by atoms with Gasteiger partial charge in [0, 0.05) is 17.1 Å². The van der Waals surface area contributed by atoms with Gasteiger partial charge in [0.05, 0.1) is 16.7 Å². The second kappa shape index (κ2) is 4.12. The van der Waals surface area contributed by atoms with Crippen molar-refractivity contribution in [2.75, 3.05) is 6.54 Å². The highest BCUT2D eigenvalue weighted by Gasteiger charge is 2.09. The van der Waals surface area contributed by atoms with E-state index < -0.39 is 0 Å². The second-order valence-electron chi connectivity index (χ2n) is 3.23. The largest absolute Gasteiger partial charge is 0.351 e. The van der Waals surface area contributed by atoms with Crippen LogP contribution in [-0.2, 0) is 0 Å². The highest BCUT2D eigenvalue weighted by molar-refractivity contribution is 9.10.